The zero-order valence-corrected chi connectivity index (χ0v) is 33.4. The topological polar surface area (TPSA) is 150 Å². The molecule has 59 heavy (non-hydrogen) atoms. The predicted molar refractivity (Wildman–Crippen MR) is 221 cm³/mol. The molecule has 8 rings (SSSR count). The maximum atomic E-state index is 15.3. The van der Waals surface area contributed by atoms with Crippen LogP contribution >= 0.6 is 0 Å². The van der Waals surface area contributed by atoms with E-state index in [1.165, 1.54) is 22.9 Å². The van der Waals surface area contributed by atoms with Gasteiger partial charge in [-0.3, -0.25) is 29.1 Å². The first-order chi connectivity index (χ1) is 28.6. The Morgan fingerprint density at radius 2 is 1.58 bits per heavy atom. The number of nitrogens with one attached hydrogen (secondary N) is 4. The van der Waals surface area contributed by atoms with Crippen LogP contribution in [0.15, 0.2) is 71.8 Å². The van der Waals surface area contributed by atoms with E-state index in [2.05, 4.69) is 36.1 Å². The molecule has 2 aromatic carbocycles. The van der Waals surface area contributed by atoms with Crippen LogP contribution in [-0.2, 0) is 14.4 Å². The van der Waals surface area contributed by atoms with Gasteiger partial charge in [0.05, 0.1) is 6.20 Å². The highest BCUT2D eigenvalue weighted by Crippen LogP contribution is 2.36. The van der Waals surface area contributed by atoms with Gasteiger partial charge in [-0.1, -0.05) is 24.3 Å². The summed E-state index contributed by atoms with van der Waals surface area (Å²) in [6, 6.07) is 15.6. The predicted octanol–water partition coefficient (Wildman–Crippen LogP) is 6.38. The van der Waals surface area contributed by atoms with Crippen molar-refractivity contribution in [1.82, 2.24) is 30.1 Å². The molecule has 4 aromatic rings. The van der Waals surface area contributed by atoms with Crippen molar-refractivity contribution >= 4 is 29.4 Å². The van der Waals surface area contributed by atoms with Crippen molar-refractivity contribution in [2.24, 2.45) is 5.92 Å². The first-order valence-corrected chi connectivity index (χ1v) is 21.1. The molecule has 2 aliphatic heterocycles. The second-order valence-electron chi connectivity index (χ2n) is 16.8. The van der Waals surface area contributed by atoms with E-state index in [0.717, 1.165) is 82.9 Å². The van der Waals surface area contributed by atoms with Crippen molar-refractivity contribution in [2.75, 3.05) is 23.7 Å². The van der Waals surface area contributed by atoms with Crippen LogP contribution in [-0.4, -0.2) is 74.4 Å². The Morgan fingerprint density at radius 1 is 0.814 bits per heavy atom. The van der Waals surface area contributed by atoms with E-state index in [1.54, 1.807) is 36.5 Å². The normalized spacial score (nSPS) is 24.3. The van der Waals surface area contributed by atoms with Crippen LogP contribution in [0.4, 0.5) is 20.4 Å². The number of nitrogens with zero attached hydrogens (tertiary/aromatic N) is 4. The number of rotatable bonds is 10. The maximum absolute atomic E-state index is 15.3. The zero-order chi connectivity index (χ0) is 41.0. The molecule has 12 nitrogen and oxygen atoms in total. The molecule has 4 heterocycles. The number of imide groups is 1. The second kappa shape index (κ2) is 17.8. The number of aryl methyl sites for hydroxylation is 1. The third-order valence-electron chi connectivity index (χ3n) is 12.7. The minimum absolute atomic E-state index is 0.00936. The monoisotopic (exact) mass is 806 g/mol. The van der Waals surface area contributed by atoms with Gasteiger partial charge < -0.3 is 20.9 Å². The van der Waals surface area contributed by atoms with E-state index in [4.69, 9.17) is 0 Å². The van der Waals surface area contributed by atoms with Crippen LogP contribution in [0.3, 0.4) is 0 Å². The standard InChI is InChI=1S/C45H52F2N8O4/c1-27-5-18-41(57)55(26-27)35-4-2-3-30(23-35)42-38(47)25-48-45(53-42)51-32-10-8-31(9-11-32)50-43(58)29-6-13-34(14-7-29)54-21-19-28(20-22-54)36-15-12-33(24-37(36)46)49-39-16-17-40(56)52-44(39)59/h2-5,12,15,18,23-26,28-29,31-32,34,39,49H,6-11,13-14,16-17,19-22H2,1H3,(H,50,58)(H,48,51,53)(H,52,56,59). The van der Waals surface area contributed by atoms with Crippen LogP contribution in [0.1, 0.15) is 94.1 Å². The Labute approximate surface area is 342 Å². The minimum Gasteiger partial charge on any atom is -0.374 e. The number of carbonyl (C=O) groups excluding carboxylic acids is 3. The molecule has 14 heteroatoms. The molecule has 2 aliphatic carbocycles. The molecule has 3 amide bonds. The van der Waals surface area contributed by atoms with E-state index in [9.17, 15) is 19.2 Å². The summed E-state index contributed by atoms with van der Waals surface area (Å²) in [6.45, 7) is 3.70. The summed E-state index contributed by atoms with van der Waals surface area (Å²) in [5.41, 5.74) is 3.32. The van der Waals surface area contributed by atoms with Crippen molar-refractivity contribution < 1.29 is 23.2 Å². The van der Waals surface area contributed by atoms with Crippen LogP contribution in [0.2, 0.25) is 0 Å². The molecular formula is C45H52F2N8O4. The summed E-state index contributed by atoms with van der Waals surface area (Å²) in [5, 5.41) is 12.1. The average molecular weight is 807 g/mol. The van der Waals surface area contributed by atoms with Crippen molar-refractivity contribution in [1.29, 1.82) is 0 Å². The molecule has 4 N–H and O–H groups in total. The molecule has 310 valence electrons. The highest BCUT2D eigenvalue weighted by molar-refractivity contribution is 6.01. The number of hydrogen-bond acceptors (Lipinski definition) is 9. The van der Waals surface area contributed by atoms with Crippen molar-refractivity contribution in [3.8, 4) is 16.9 Å². The number of aromatic nitrogens is 3. The number of piperidine rings is 2. The summed E-state index contributed by atoms with van der Waals surface area (Å²) in [7, 11) is 0. The Hall–Kier alpha value is -5.50. The summed E-state index contributed by atoms with van der Waals surface area (Å²) in [5.74, 6) is -0.853. The fourth-order valence-electron chi connectivity index (χ4n) is 9.38. The van der Waals surface area contributed by atoms with Crippen LogP contribution in [0.25, 0.3) is 16.9 Å². The van der Waals surface area contributed by atoms with Crippen LogP contribution < -0.4 is 26.8 Å². The first kappa shape index (κ1) is 40.3. The third-order valence-corrected chi connectivity index (χ3v) is 12.7. The summed E-state index contributed by atoms with van der Waals surface area (Å²) in [6.07, 6.45) is 12.3. The Morgan fingerprint density at radius 3 is 2.32 bits per heavy atom. The Bertz CT molecular complexity index is 2240. The van der Waals surface area contributed by atoms with Gasteiger partial charge in [0.2, 0.25) is 23.7 Å². The SMILES string of the molecule is Cc1ccc(=O)n(-c2cccc(-c3nc(NC4CCC(NC(=O)C5CCC(N6CCC(c7ccc(NC8CCC(=O)NC8=O)cc7F)CC6)CC5)CC4)ncc3F)c2)c1. The number of amides is 3. The lowest BCUT2D eigenvalue weighted by molar-refractivity contribution is -0.133. The van der Waals surface area contributed by atoms with Gasteiger partial charge in [-0.15, -0.1) is 0 Å². The molecule has 2 aromatic heterocycles. The van der Waals surface area contributed by atoms with E-state index < -0.39 is 11.9 Å². The van der Waals surface area contributed by atoms with Gasteiger partial charge in [-0.25, -0.2) is 18.7 Å². The van der Waals surface area contributed by atoms with Crippen molar-refractivity contribution in [2.45, 2.75) is 114 Å². The number of benzene rings is 2. The van der Waals surface area contributed by atoms with Crippen LogP contribution in [0.5, 0.6) is 0 Å². The number of hydrogen-bond donors (Lipinski definition) is 4. The number of halogens is 2. The summed E-state index contributed by atoms with van der Waals surface area (Å²) >= 11 is 0. The molecular weight excluding hydrogens is 755 g/mol. The lowest BCUT2D eigenvalue weighted by atomic mass is 9.82. The molecule has 0 bridgehead atoms. The van der Waals surface area contributed by atoms with Crippen LogP contribution in [0, 0.1) is 24.5 Å². The average Bonchev–Trinajstić information content (AvgIpc) is 3.24. The fraction of sp³-hybridized carbons (Fsp3) is 0.467. The molecule has 1 atom stereocenters. The first-order valence-electron chi connectivity index (χ1n) is 21.1. The highest BCUT2D eigenvalue weighted by Gasteiger charge is 2.34. The molecule has 2 saturated carbocycles. The van der Waals surface area contributed by atoms with E-state index in [0.29, 0.717) is 40.9 Å². The smallest absolute Gasteiger partial charge is 0.255 e. The fourth-order valence-corrected chi connectivity index (χ4v) is 9.38. The molecule has 0 radical (unpaired) electrons. The minimum atomic E-state index is -0.551. The van der Waals surface area contributed by atoms with Crippen molar-refractivity contribution in [3.63, 3.8) is 0 Å². The summed E-state index contributed by atoms with van der Waals surface area (Å²) < 4.78 is 31.8. The summed E-state index contributed by atoms with van der Waals surface area (Å²) in [4.78, 5) is 60.7. The van der Waals surface area contributed by atoms with E-state index in [-0.39, 0.29) is 65.1 Å². The van der Waals surface area contributed by atoms with Gasteiger partial charge in [0, 0.05) is 59.7 Å². The largest absolute Gasteiger partial charge is 0.374 e. The Balaban J connectivity index is 0.763. The molecule has 0 spiro atoms. The number of pyridine rings is 1. The maximum Gasteiger partial charge on any atom is 0.255 e. The van der Waals surface area contributed by atoms with Gasteiger partial charge >= 0.3 is 0 Å². The quantitative estimate of drug-likeness (QED) is 0.134. The zero-order valence-electron chi connectivity index (χ0n) is 33.4. The lowest BCUT2D eigenvalue weighted by Crippen LogP contribution is -2.47. The molecule has 4 fully saturated rings. The molecule has 4 aliphatic rings. The number of anilines is 2. The van der Waals surface area contributed by atoms with Gasteiger partial charge in [0.1, 0.15) is 17.6 Å². The van der Waals surface area contributed by atoms with Gasteiger partial charge in [0.15, 0.2) is 5.82 Å². The number of carbonyl (C=O) groups is 3. The van der Waals surface area contributed by atoms with Gasteiger partial charge in [-0.05, 0) is 132 Å². The second-order valence-corrected chi connectivity index (χ2v) is 16.8. The molecule has 1 unspecified atom stereocenters. The van der Waals surface area contributed by atoms with E-state index >= 15 is 8.78 Å². The number of likely N-dealkylation sites (tertiary alicyclic amines) is 1. The van der Waals surface area contributed by atoms with Crippen molar-refractivity contribution in [3.05, 3.63) is 100 Å². The lowest BCUT2D eigenvalue weighted by Gasteiger charge is -2.41. The van der Waals surface area contributed by atoms with Gasteiger partial charge in [0.25, 0.3) is 5.56 Å². The van der Waals surface area contributed by atoms with Gasteiger partial charge in [-0.2, -0.15) is 0 Å². The highest BCUT2D eigenvalue weighted by atomic mass is 19.1. The third kappa shape index (κ3) is 9.53. The van der Waals surface area contributed by atoms with E-state index in [1.807, 2.05) is 19.1 Å². The molecule has 2 saturated heterocycles. The Kier molecular flexibility index (Phi) is 12.1.